The third-order valence-corrected chi connectivity index (χ3v) is 12.8. The van der Waals surface area contributed by atoms with E-state index >= 15 is 0 Å². The topological polar surface area (TPSA) is 110 Å². The molecule has 358 valence electrons. The standard InChI is InChI=1S/C54H94O7S.Na/c1-3-5-7-9-11-13-15-17-19-21-23-25-27-29-31-33-35-37-39-41-43-47-60-53(55)51-46-45-50(62(57,58)59)49-52(51)54(56)61-48-44-42-40-38-36-34-32-30-28-26-24-22-20-18-16-14-12-10-8-6-4-2;/h13-16,45-46,49H,3-12,17-44,47-48H2,1-2H3,(H,57,58,59);/q;+1/p-1/b15-13+,16-14+;. The molecule has 0 aliphatic rings. The maximum atomic E-state index is 13.0. The molecule has 0 aliphatic carbocycles. The van der Waals surface area contributed by atoms with Gasteiger partial charge in [0.2, 0.25) is 0 Å². The zero-order valence-corrected chi connectivity index (χ0v) is 43.9. The summed E-state index contributed by atoms with van der Waals surface area (Å²) in [7, 11) is -4.82. The molecular weight excluding hydrogens is 816 g/mol. The van der Waals surface area contributed by atoms with Crippen LogP contribution in [0.3, 0.4) is 0 Å². The van der Waals surface area contributed by atoms with Crippen molar-refractivity contribution in [3.8, 4) is 0 Å². The number of carbonyl (C=O) groups excluding carboxylic acids is 2. The van der Waals surface area contributed by atoms with Gasteiger partial charge in [-0.3, -0.25) is 0 Å². The van der Waals surface area contributed by atoms with Crippen molar-refractivity contribution in [3.05, 3.63) is 53.6 Å². The molecule has 0 aliphatic heterocycles. The van der Waals surface area contributed by atoms with E-state index in [2.05, 4.69) is 38.2 Å². The molecule has 0 aromatic heterocycles. The van der Waals surface area contributed by atoms with E-state index < -0.39 is 27.0 Å². The first kappa shape index (κ1) is 61.5. The van der Waals surface area contributed by atoms with E-state index in [0.29, 0.717) is 12.8 Å². The van der Waals surface area contributed by atoms with E-state index in [1.165, 1.54) is 205 Å². The summed E-state index contributed by atoms with van der Waals surface area (Å²) in [6.07, 6.45) is 56.5. The number of esters is 2. The van der Waals surface area contributed by atoms with Crippen LogP contribution in [0.15, 0.2) is 47.4 Å². The fourth-order valence-corrected chi connectivity index (χ4v) is 8.47. The number of hydrogen-bond acceptors (Lipinski definition) is 7. The second kappa shape index (κ2) is 45.7. The van der Waals surface area contributed by atoms with Gasteiger partial charge in [0.05, 0.1) is 29.2 Å². The molecule has 63 heavy (non-hydrogen) atoms. The molecule has 0 bridgehead atoms. The number of carbonyl (C=O) groups is 2. The molecule has 0 saturated carbocycles. The van der Waals surface area contributed by atoms with E-state index in [9.17, 15) is 22.6 Å². The van der Waals surface area contributed by atoms with Gasteiger partial charge in [-0.15, -0.1) is 0 Å². The van der Waals surface area contributed by atoms with Gasteiger partial charge in [-0.2, -0.15) is 0 Å². The average molecular weight is 909 g/mol. The fourth-order valence-electron chi connectivity index (χ4n) is 7.98. The second-order valence-corrected chi connectivity index (χ2v) is 19.2. The summed E-state index contributed by atoms with van der Waals surface area (Å²) in [5, 5.41) is 0. The van der Waals surface area contributed by atoms with Crippen LogP contribution in [0.1, 0.15) is 279 Å². The average Bonchev–Trinajstić information content (AvgIpc) is 3.26. The zero-order chi connectivity index (χ0) is 45.0. The van der Waals surface area contributed by atoms with Crippen LogP contribution >= 0.6 is 0 Å². The maximum absolute atomic E-state index is 13.0. The number of benzene rings is 1. The first-order valence-corrected chi connectivity index (χ1v) is 27.5. The fraction of sp³-hybridized carbons (Fsp3) is 0.778. The molecule has 0 fully saturated rings. The van der Waals surface area contributed by atoms with Crippen molar-refractivity contribution in [2.24, 2.45) is 0 Å². The summed E-state index contributed by atoms with van der Waals surface area (Å²) in [6, 6.07) is 3.16. The number of ether oxygens (including phenoxy) is 2. The summed E-state index contributed by atoms with van der Waals surface area (Å²) in [5.41, 5.74) is -0.330. The van der Waals surface area contributed by atoms with Gasteiger partial charge in [-0.05, 0) is 82.4 Å². The van der Waals surface area contributed by atoms with Gasteiger partial charge in [0, 0.05) is 0 Å². The molecule has 0 amide bonds. The van der Waals surface area contributed by atoms with Crippen molar-refractivity contribution >= 4 is 22.1 Å². The molecule has 1 aromatic rings. The molecule has 0 heterocycles. The Balaban J connectivity index is 0.0000384. The van der Waals surface area contributed by atoms with Crippen LogP contribution < -0.4 is 29.6 Å². The second-order valence-electron chi connectivity index (χ2n) is 17.8. The number of rotatable bonds is 45. The molecule has 1 aromatic carbocycles. The van der Waals surface area contributed by atoms with Crippen LogP contribution in [0.2, 0.25) is 0 Å². The monoisotopic (exact) mass is 909 g/mol. The van der Waals surface area contributed by atoms with Crippen molar-refractivity contribution in [1.29, 1.82) is 0 Å². The number of allylic oxidation sites excluding steroid dienone is 4. The molecule has 0 unspecified atom stereocenters. The van der Waals surface area contributed by atoms with Crippen LogP contribution in [0.5, 0.6) is 0 Å². The zero-order valence-electron chi connectivity index (χ0n) is 41.1. The Morgan fingerprint density at radius 2 is 0.698 bits per heavy atom. The van der Waals surface area contributed by atoms with Crippen LogP contribution in [-0.4, -0.2) is 38.1 Å². The largest absolute Gasteiger partial charge is 1.00 e. The molecule has 0 N–H and O–H groups in total. The minimum atomic E-state index is -4.82. The van der Waals surface area contributed by atoms with E-state index in [1.807, 2.05) is 0 Å². The number of hydrogen-bond donors (Lipinski definition) is 0. The van der Waals surface area contributed by atoms with Gasteiger partial charge >= 0.3 is 41.5 Å². The minimum absolute atomic E-state index is 0. The quantitative estimate of drug-likeness (QED) is 0.0211. The smallest absolute Gasteiger partial charge is 0.744 e. The van der Waals surface area contributed by atoms with Gasteiger partial charge in [0.15, 0.2) is 0 Å². The van der Waals surface area contributed by atoms with Crippen LogP contribution in [0.25, 0.3) is 0 Å². The first-order chi connectivity index (χ1) is 30.3. The summed E-state index contributed by atoms with van der Waals surface area (Å²) in [5.74, 6) is -1.54. The van der Waals surface area contributed by atoms with E-state index in [4.69, 9.17) is 9.47 Å². The predicted molar refractivity (Wildman–Crippen MR) is 260 cm³/mol. The third-order valence-electron chi connectivity index (χ3n) is 12.0. The van der Waals surface area contributed by atoms with E-state index in [0.717, 1.165) is 44.2 Å². The Morgan fingerprint density at radius 1 is 0.429 bits per heavy atom. The van der Waals surface area contributed by atoms with Gasteiger partial charge in [0.25, 0.3) is 0 Å². The summed E-state index contributed by atoms with van der Waals surface area (Å²) in [6.45, 7) is 4.89. The van der Waals surface area contributed by atoms with Crippen LogP contribution in [0, 0.1) is 0 Å². The first-order valence-electron chi connectivity index (χ1n) is 26.0. The Morgan fingerprint density at radius 3 is 1.00 bits per heavy atom. The molecule has 0 radical (unpaired) electrons. The molecule has 1 rings (SSSR count). The van der Waals surface area contributed by atoms with E-state index in [1.54, 1.807) is 0 Å². The third kappa shape index (κ3) is 38.4. The van der Waals surface area contributed by atoms with Crippen molar-refractivity contribution in [3.63, 3.8) is 0 Å². The molecule has 9 heteroatoms. The van der Waals surface area contributed by atoms with Gasteiger partial charge in [-0.25, -0.2) is 18.0 Å². The Kier molecular flexibility index (Phi) is 44.6. The Hall–Kier alpha value is -1.45. The normalized spacial score (nSPS) is 11.7. The summed E-state index contributed by atoms with van der Waals surface area (Å²) < 4.78 is 46.0. The Labute approximate surface area is 410 Å². The van der Waals surface area contributed by atoms with Crippen molar-refractivity contribution in [2.45, 2.75) is 263 Å². The molecule has 0 spiro atoms. The van der Waals surface area contributed by atoms with E-state index in [-0.39, 0.29) is 53.9 Å². The summed E-state index contributed by atoms with van der Waals surface area (Å²) in [4.78, 5) is 25.4. The van der Waals surface area contributed by atoms with Crippen molar-refractivity contribution < 1.29 is 61.6 Å². The van der Waals surface area contributed by atoms with Crippen molar-refractivity contribution in [1.82, 2.24) is 0 Å². The molecule has 7 nitrogen and oxygen atoms in total. The molecule has 0 atom stereocenters. The van der Waals surface area contributed by atoms with Crippen molar-refractivity contribution in [2.75, 3.05) is 13.2 Å². The maximum Gasteiger partial charge on any atom is 1.00 e. The van der Waals surface area contributed by atoms with Crippen LogP contribution in [0.4, 0.5) is 0 Å². The van der Waals surface area contributed by atoms with Crippen LogP contribution in [-0.2, 0) is 19.6 Å². The van der Waals surface area contributed by atoms with Gasteiger partial charge in [0.1, 0.15) is 10.1 Å². The molecule has 0 saturated heterocycles. The van der Waals surface area contributed by atoms with Gasteiger partial charge < -0.3 is 14.0 Å². The Bertz CT molecular complexity index is 1380. The SMILES string of the molecule is CCCCCC/C=C/CCCCCCCCCCCCCCCOC(=O)c1ccc(S(=O)(=O)[O-])cc1C(=O)OCCCCCCCCCCCCCCC/C=C/CCCCCC.[Na+]. The minimum Gasteiger partial charge on any atom is -0.744 e. The summed E-state index contributed by atoms with van der Waals surface area (Å²) >= 11 is 0. The van der Waals surface area contributed by atoms with Gasteiger partial charge in [-0.1, -0.05) is 218 Å². The number of unbranched alkanes of at least 4 members (excludes halogenated alkanes) is 34. The molecular formula is C54H93NaO7S. The predicted octanol–water partition coefficient (Wildman–Crippen LogP) is 13.9.